The van der Waals surface area contributed by atoms with Gasteiger partial charge >= 0.3 is 5.69 Å². The molecule has 29 heavy (non-hydrogen) atoms. The molecule has 1 aromatic heterocycles. The maximum Gasteiger partial charge on any atom is 0.351 e. The van der Waals surface area contributed by atoms with Gasteiger partial charge in [-0.3, -0.25) is 14.9 Å². The lowest BCUT2D eigenvalue weighted by Crippen LogP contribution is -2.37. The lowest BCUT2D eigenvalue weighted by Gasteiger charge is -2.21. The van der Waals surface area contributed by atoms with Crippen molar-refractivity contribution < 1.29 is 29.2 Å². The normalized spacial score (nSPS) is 25.0. The number of aliphatic hydroxyl groups is 2. The minimum Gasteiger partial charge on any atom is -0.394 e. The second-order valence-electron chi connectivity index (χ2n) is 6.39. The van der Waals surface area contributed by atoms with Gasteiger partial charge in [0.15, 0.2) is 6.23 Å². The number of hydrogen-bond donors (Lipinski definition) is 5. The minimum absolute atomic E-state index is 0.0694. The van der Waals surface area contributed by atoms with Gasteiger partial charge in [-0.15, -0.1) is 0 Å². The summed E-state index contributed by atoms with van der Waals surface area (Å²) >= 11 is 0. The van der Waals surface area contributed by atoms with Crippen LogP contribution in [0.15, 0.2) is 41.3 Å². The van der Waals surface area contributed by atoms with Crippen molar-refractivity contribution in [2.24, 2.45) is 5.50 Å². The van der Waals surface area contributed by atoms with Crippen molar-refractivity contribution >= 4 is 20.3 Å². The number of carbonyl (C=O) groups excluding carboxylic acids is 1. The number of hydrogen-bond acceptors (Lipinski definition) is 9. The van der Waals surface area contributed by atoms with Crippen molar-refractivity contribution in [1.29, 1.82) is 0 Å². The van der Waals surface area contributed by atoms with Crippen molar-refractivity contribution in [2.75, 3.05) is 11.9 Å². The molecule has 11 nitrogen and oxygen atoms in total. The SMILES string of the molecule is Cc1cn([C@@H]2O[C@H](CO)[C@@H](OP(N)O)[C@H]2O)c(=O)nc1NC(=O)c1ccccc1. The summed E-state index contributed by atoms with van der Waals surface area (Å²) in [6.45, 7) is 1.10. The molecule has 1 unspecified atom stereocenters. The van der Waals surface area contributed by atoms with Crippen LogP contribution in [0.25, 0.3) is 0 Å². The fourth-order valence-corrected chi connectivity index (χ4v) is 3.51. The number of nitrogens with zero attached hydrogens (tertiary/aromatic N) is 2. The van der Waals surface area contributed by atoms with Gasteiger partial charge in [-0.1, -0.05) is 18.2 Å². The molecular formula is C17H21N4O7P. The quantitative estimate of drug-likeness (QED) is 0.388. The molecule has 3 rings (SSSR count). The summed E-state index contributed by atoms with van der Waals surface area (Å²) < 4.78 is 11.6. The third-order valence-electron chi connectivity index (χ3n) is 4.40. The average Bonchev–Trinajstić information content (AvgIpc) is 3.00. The first kappa shape index (κ1) is 21.5. The van der Waals surface area contributed by atoms with E-state index in [4.69, 9.17) is 14.8 Å². The molecule has 2 heterocycles. The number of aryl methyl sites for hydroxylation is 1. The lowest BCUT2D eigenvalue weighted by atomic mass is 10.1. The predicted octanol–water partition coefficient (Wildman–Crippen LogP) is -0.382. The maximum absolute atomic E-state index is 12.5. The van der Waals surface area contributed by atoms with Gasteiger partial charge in [0.05, 0.1) is 6.61 Å². The van der Waals surface area contributed by atoms with Crippen LogP contribution in [0.5, 0.6) is 0 Å². The van der Waals surface area contributed by atoms with Crippen LogP contribution in [-0.4, -0.2) is 55.5 Å². The van der Waals surface area contributed by atoms with Crippen LogP contribution in [0.3, 0.4) is 0 Å². The molecule has 1 aromatic carbocycles. The van der Waals surface area contributed by atoms with Gasteiger partial charge in [-0.2, -0.15) is 4.98 Å². The molecule has 12 heteroatoms. The van der Waals surface area contributed by atoms with E-state index in [0.29, 0.717) is 11.1 Å². The average molecular weight is 424 g/mol. The van der Waals surface area contributed by atoms with Crippen molar-refractivity contribution in [3.05, 3.63) is 58.1 Å². The van der Waals surface area contributed by atoms with Crippen molar-refractivity contribution in [2.45, 2.75) is 31.5 Å². The Morgan fingerprint density at radius 3 is 2.72 bits per heavy atom. The molecular weight excluding hydrogens is 403 g/mol. The molecule has 5 atom stereocenters. The molecule has 2 aromatic rings. The van der Waals surface area contributed by atoms with E-state index in [9.17, 15) is 24.7 Å². The highest BCUT2D eigenvalue weighted by Crippen LogP contribution is 2.36. The summed E-state index contributed by atoms with van der Waals surface area (Å²) in [5.74, 6) is -0.358. The number of nitrogens with one attached hydrogen (secondary N) is 1. The maximum atomic E-state index is 12.5. The zero-order chi connectivity index (χ0) is 21.1. The fourth-order valence-electron chi connectivity index (χ4n) is 3.00. The fraction of sp³-hybridized carbons (Fsp3) is 0.353. The third kappa shape index (κ3) is 4.68. The summed E-state index contributed by atoms with van der Waals surface area (Å²) in [4.78, 5) is 37.9. The van der Waals surface area contributed by atoms with Crippen molar-refractivity contribution in [3.63, 3.8) is 0 Å². The predicted molar refractivity (Wildman–Crippen MR) is 103 cm³/mol. The minimum atomic E-state index is -2.31. The Balaban J connectivity index is 1.84. The highest BCUT2D eigenvalue weighted by atomic mass is 31.2. The zero-order valence-corrected chi connectivity index (χ0v) is 16.3. The van der Waals surface area contributed by atoms with Gasteiger partial charge in [-0.25, -0.2) is 4.79 Å². The molecule has 0 radical (unpaired) electrons. The van der Waals surface area contributed by atoms with Gasteiger partial charge in [0.1, 0.15) is 24.1 Å². The number of rotatable bonds is 6. The van der Waals surface area contributed by atoms with Gasteiger partial charge < -0.3 is 29.7 Å². The van der Waals surface area contributed by atoms with Gasteiger partial charge in [0.2, 0.25) is 0 Å². The summed E-state index contributed by atoms with van der Waals surface area (Å²) in [5, 5.41) is 22.5. The van der Waals surface area contributed by atoms with Crippen LogP contribution in [0.1, 0.15) is 22.1 Å². The molecule has 6 N–H and O–H groups in total. The number of ether oxygens (including phenoxy) is 1. The molecule has 1 fully saturated rings. The van der Waals surface area contributed by atoms with Crippen LogP contribution < -0.4 is 16.5 Å². The van der Waals surface area contributed by atoms with E-state index in [1.54, 1.807) is 37.3 Å². The van der Waals surface area contributed by atoms with E-state index in [1.165, 1.54) is 6.20 Å². The number of anilines is 1. The Kier molecular flexibility index (Phi) is 6.70. The van der Waals surface area contributed by atoms with Gasteiger partial charge in [0, 0.05) is 17.3 Å². The van der Waals surface area contributed by atoms with E-state index >= 15 is 0 Å². The van der Waals surface area contributed by atoms with E-state index in [1.807, 2.05) is 0 Å². The van der Waals surface area contributed by atoms with Gasteiger partial charge in [0.25, 0.3) is 14.4 Å². The van der Waals surface area contributed by atoms with Crippen LogP contribution >= 0.6 is 8.53 Å². The number of aliphatic hydroxyl groups excluding tert-OH is 2. The summed E-state index contributed by atoms with van der Waals surface area (Å²) in [5.41, 5.74) is 5.29. The molecule has 0 saturated carbocycles. The molecule has 0 bridgehead atoms. The molecule has 1 amide bonds. The first-order valence-corrected chi connectivity index (χ1v) is 9.91. The molecule has 1 aliphatic heterocycles. The monoisotopic (exact) mass is 424 g/mol. The number of amides is 1. The zero-order valence-electron chi connectivity index (χ0n) is 15.4. The van der Waals surface area contributed by atoms with Crippen LogP contribution in [0.4, 0.5) is 5.82 Å². The second-order valence-corrected chi connectivity index (χ2v) is 7.21. The Labute approximate surface area is 166 Å². The topological polar surface area (TPSA) is 169 Å². The lowest BCUT2D eigenvalue weighted by molar-refractivity contribution is -0.0544. The Morgan fingerprint density at radius 1 is 1.41 bits per heavy atom. The number of aromatic nitrogens is 2. The largest absolute Gasteiger partial charge is 0.394 e. The first-order chi connectivity index (χ1) is 13.8. The van der Waals surface area contributed by atoms with E-state index in [-0.39, 0.29) is 5.82 Å². The van der Waals surface area contributed by atoms with Crippen LogP contribution in [0.2, 0.25) is 0 Å². The molecule has 0 aliphatic carbocycles. The Hall–Kier alpha value is -2.24. The standard InChI is InChI=1S/C17H21N4O7P/c1-9-7-21(16-12(23)13(28-29(18)26)11(8-22)27-16)17(25)20-14(9)19-15(24)10-5-3-2-4-6-10/h2-7,11-13,16,22-23,26H,8,18H2,1H3,(H,19,20,24,25)/t11-,12-,13-,16-,29?/m1/s1. The Morgan fingerprint density at radius 2 is 2.10 bits per heavy atom. The first-order valence-electron chi connectivity index (χ1n) is 8.63. The summed E-state index contributed by atoms with van der Waals surface area (Å²) in [7, 11) is -2.31. The van der Waals surface area contributed by atoms with Crippen molar-refractivity contribution in [1.82, 2.24) is 9.55 Å². The van der Waals surface area contributed by atoms with Crippen LogP contribution in [0, 0.1) is 6.92 Å². The number of benzene rings is 1. The number of nitrogens with two attached hydrogens (primary N) is 1. The smallest absolute Gasteiger partial charge is 0.351 e. The molecule has 156 valence electrons. The van der Waals surface area contributed by atoms with Gasteiger partial charge in [-0.05, 0) is 19.1 Å². The summed E-state index contributed by atoms with van der Waals surface area (Å²) in [6, 6.07) is 8.44. The van der Waals surface area contributed by atoms with Crippen molar-refractivity contribution in [3.8, 4) is 0 Å². The molecule has 0 spiro atoms. The van der Waals surface area contributed by atoms with E-state index in [0.717, 1.165) is 4.57 Å². The second kappa shape index (κ2) is 9.06. The highest BCUT2D eigenvalue weighted by Gasteiger charge is 2.46. The number of carbonyl (C=O) groups is 1. The third-order valence-corrected chi connectivity index (χ3v) is 4.86. The Bertz CT molecular complexity index is 924. The van der Waals surface area contributed by atoms with Crippen LogP contribution in [-0.2, 0) is 9.26 Å². The molecule has 1 saturated heterocycles. The highest BCUT2D eigenvalue weighted by molar-refractivity contribution is 7.43. The van der Waals surface area contributed by atoms with E-state index in [2.05, 4.69) is 10.3 Å². The van der Waals surface area contributed by atoms with E-state index < -0.39 is 51.3 Å². The molecule has 1 aliphatic rings. The summed E-state index contributed by atoms with van der Waals surface area (Å²) in [6.07, 6.45) is -3.37.